The quantitative estimate of drug-likeness (QED) is 0.756. The molecule has 0 amide bonds. The van der Waals surface area contributed by atoms with E-state index in [2.05, 4.69) is 28.7 Å². The Kier molecular flexibility index (Phi) is 6.31. The molecule has 0 radical (unpaired) electrons. The first kappa shape index (κ1) is 19.3. The monoisotopic (exact) mass is 357 g/mol. The number of hydrogen-bond acceptors (Lipinski definition) is 4. The van der Waals surface area contributed by atoms with Crippen molar-refractivity contribution in [1.29, 1.82) is 0 Å². The van der Waals surface area contributed by atoms with Crippen molar-refractivity contribution in [3.05, 3.63) is 18.0 Å². The molecule has 1 aromatic heterocycles. The Morgan fingerprint density at radius 1 is 0.962 bits per heavy atom. The maximum Gasteiger partial charge on any atom is 0.225 e. The summed E-state index contributed by atoms with van der Waals surface area (Å²) in [4.78, 5) is 23.9. The van der Waals surface area contributed by atoms with Gasteiger partial charge in [0, 0.05) is 37.3 Å². The van der Waals surface area contributed by atoms with Crippen LogP contribution in [0.15, 0.2) is 12.4 Å². The molecular weight excluding hydrogens is 322 g/mol. The fraction of sp³-hybridized carbons (Fsp3) is 0.773. The summed E-state index contributed by atoms with van der Waals surface area (Å²) in [5.74, 6) is 3.91. The van der Waals surface area contributed by atoms with Gasteiger partial charge in [-0.15, -0.1) is 0 Å². The van der Waals surface area contributed by atoms with Crippen LogP contribution in [0.5, 0.6) is 0 Å². The molecule has 0 atom stereocenters. The zero-order chi connectivity index (χ0) is 18.7. The first-order valence-electron chi connectivity index (χ1n) is 10.6. The van der Waals surface area contributed by atoms with Gasteiger partial charge in [-0.05, 0) is 61.8 Å². The summed E-state index contributed by atoms with van der Waals surface area (Å²) in [5, 5.41) is 0. The van der Waals surface area contributed by atoms with E-state index in [-0.39, 0.29) is 11.8 Å². The predicted octanol–water partition coefficient (Wildman–Crippen LogP) is 4.85. The second kappa shape index (κ2) is 8.49. The zero-order valence-corrected chi connectivity index (χ0v) is 16.9. The smallest absolute Gasteiger partial charge is 0.225 e. The predicted molar refractivity (Wildman–Crippen MR) is 106 cm³/mol. The Hall–Kier alpha value is -1.45. The highest BCUT2D eigenvalue weighted by molar-refractivity contribution is 5.82. The summed E-state index contributed by atoms with van der Waals surface area (Å²) in [6.45, 7) is 10.8. The van der Waals surface area contributed by atoms with Gasteiger partial charge in [0.1, 0.15) is 5.78 Å². The molecule has 0 bridgehead atoms. The average Bonchev–Trinajstić information content (AvgIpc) is 2.67. The second-order valence-electron chi connectivity index (χ2n) is 8.99. The zero-order valence-electron chi connectivity index (χ0n) is 16.9. The molecule has 0 aromatic carbocycles. The number of piperidine rings is 1. The maximum absolute atomic E-state index is 12.2. The van der Waals surface area contributed by atoms with E-state index in [0.717, 1.165) is 56.6 Å². The number of carbonyl (C=O) groups excluding carboxylic acids is 1. The molecule has 2 aliphatic rings. The van der Waals surface area contributed by atoms with Crippen LogP contribution in [0.3, 0.4) is 0 Å². The van der Waals surface area contributed by atoms with Gasteiger partial charge in [-0.3, -0.25) is 4.79 Å². The van der Waals surface area contributed by atoms with Crippen molar-refractivity contribution in [3.63, 3.8) is 0 Å². The van der Waals surface area contributed by atoms with Crippen LogP contribution in [0.2, 0.25) is 0 Å². The molecule has 1 aliphatic carbocycles. The fourth-order valence-corrected chi connectivity index (χ4v) is 4.65. The van der Waals surface area contributed by atoms with Crippen molar-refractivity contribution < 1.29 is 4.79 Å². The third-order valence-corrected chi connectivity index (χ3v) is 6.59. The Morgan fingerprint density at radius 2 is 1.54 bits per heavy atom. The molecule has 4 nitrogen and oxygen atoms in total. The van der Waals surface area contributed by atoms with E-state index >= 15 is 0 Å². The van der Waals surface area contributed by atoms with Gasteiger partial charge in [-0.25, -0.2) is 9.97 Å². The lowest BCUT2D eigenvalue weighted by Gasteiger charge is -2.34. The van der Waals surface area contributed by atoms with Crippen LogP contribution in [0, 0.1) is 23.7 Å². The van der Waals surface area contributed by atoms with Crippen LogP contribution in [0.1, 0.15) is 77.7 Å². The second-order valence-corrected chi connectivity index (χ2v) is 8.99. The van der Waals surface area contributed by atoms with E-state index in [1.54, 1.807) is 0 Å². The minimum absolute atomic E-state index is 0.166. The highest BCUT2D eigenvalue weighted by atomic mass is 16.1. The largest absolute Gasteiger partial charge is 0.341 e. The third-order valence-electron chi connectivity index (χ3n) is 6.59. The average molecular weight is 358 g/mol. The lowest BCUT2D eigenvalue weighted by Crippen LogP contribution is -2.36. The normalized spacial score (nSPS) is 25.1. The number of rotatable bonds is 5. The van der Waals surface area contributed by atoms with Crippen LogP contribution in [-0.2, 0) is 4.79 Å². The lowest BCUT2D eigenvalue weighted by molar-refractivity contribution is -0.126. The Morgan fingerprint density at radius 3 is 2.04 bits per heavy atom. The minimum atomic E-state index is 0.166. The first-order valence-corrected chi connectivity index (χ1v) is 10.6. The molecule has 1 saturated heterocycles. The van der Waals surface area contributed by atoms with Gasteiger partial charge < -0.3 is 4.90 Å². The first-order chi connectivity index (χ1) is 12.5. The molecule has 26 heavy (non-hydrogen) atoms. The molecule has 4 heteroatoms. The van der Waals surface area contributed by atoms with Crippen molar-refractivity contribution in [2.24, 2.45) is 23.7 Å². The molecular formula is C22H35N3O. The summed E-state index contributed by atoms with van der Waals surface area (Å²) in [6.07, 6.45) is 10.8. The van der Waals surface area contributed by atoms with E-state index in [0.29, 0.717) is 11.7 Å². The SMILES string of the molecule is CC(C)C(=O)C1CCC(c2cnc(N3CCC(C(C)C)CC3)nc2)CC1. The fourth-order valence-electron chi connectivity index (χ4n) is 4.65. The minimum Gasteiger partial charge on any atom is -0.341 e. The molecule has 0 N–H and O–H groups in total. The highest BCUT2D eigenvalue weighted by Crippen LogP contribution is 2.37. The number of carbonyl (C=O) groups is 1. The molecule has 2 heterocycles. The molecule has 1 aliphatic heterocycles. The number of anilines is 1. The van der Waals surface area contributed by atoms with Gasteiger partial charge >= 0.3 is 0 Å². The number of aromatic nitrogens is 2. The Bertz CT molecular complexity index is 580. The number of nitrogens with zero attached hydrogens (tertiary/aromatic N) is 3. The van der Waals surface area contributed by atoms with E-state index in [1.165, 1.54) is 18.4 Å². The van der Waals surface area contributed by atoms with Crippen LogP contribution in [0.4, 0.5) is 5.95 Å². The Balaban J connectivity index is 1.53. The van der Waals surface area contributed by atoms with E-state index in [9.17, 15) is 4.79 Å². The molecule has 0 unspecified atom stereocenters. The summed E-state index contributed by atoms with van der Waals surface area (Å²) in [5.41, 5.74) is 1.25. The Labute approximate surface area is 158 Å². The molecule has 3 rings (SSSR count). The summed E-state index contributed by atoms with van der Waals surface area (Å²) in [6, 6.07) is 0. The maximum atomic E-state index is 12.2. The number of ketones is 1. The van der Waals surface area contributed by atoms with Crippen LogP contribution >= 0.6 is 0 Å². The molecule has 144 valence electrons. The van der Waals surface area contributed by atoms with Gasteiger partial charge in [0.2, 0.25) is 5.95 Å². The molecule has 1 aromatic rings. The standard InChI is InChI=1S/C22H35N3O/c1-15(2)17-9-11-25(12-10-17)22-23-13-20(14-24-22)18-5-7-19(8-6-18)21(26)16(3)4/h13-19H,5-12H2,1-4H3. The number of Topliss-reactive ketones (excluding diaryl/α,β-unsaturated/α-hetero) is 1. The van der Waals surface area contributed by atoms with E-state index in [1.807, 2.05) is 26.2 Å². The third kappa shape index (κ3) is 4.44. The van der Waals surface area contributed by atoms with Gasteiger partial charge in [0.05, 0.1) is 0 Å². The van der Waals surface area contributed by atoms with Crippen molar-refractivity contribution in [1.82, 2.24) is 9.97 Å². The molecule has 2 fully saturated rings. The van der Waals surface area contributed by atoms with Gasteiger partial charge in [0.25, 0.3) is 0 Å². The van der Waals surface area contributed by atoms with Crippen LogP contribution in [-0.4, -0.2) is 28.8 Å². The van der Waals surface area contributed by atoms with E-state index in [4.69, 9.17) is 0 Å². The topological polar surface area (TPSA) is 46.1 Å². The van der Waals surface area contributed by atoms with Crippen LogP contribution in [0.25, 0.3) is 0 Å². The van der Waals surface area contributed by atoms with Crippen molar-refractivity contribution in [2.75, 3.05) is 18.0 Å². The lowest BCUT2D eigenvalue weighted by atomic mass is 9.76. The van der Waals surface area contributed by atoms with Crippen molar-refractivity contribution in [3.8, 4) is 0 Å². The molecule has 0 spiro atoms. The molecule has 1 saturated carbocycles. The summed E-state index contributed by atoms with van der Waals surface area (Å²) in [7, 11) is 0. The summed E-state index contributed by atoms with van der Waals surface area (Å²) < 4.78 is 0. The van der Waals surface area contributed by atoms with Crippen molar-refractivity contribution in [2.45, 2.75) is 72.1 Å². The highest BCUT2D eigenvalue weighted by Gasteiger charge is 2.29. The van der Waals surface area contributed by atoms with Crippen molar-refractivity contribution >= 4 is 11.7 Å². The van der Waals surface area contributed by atoms with Gasteiger partial charge in [-0.2, -0.15) is 0 Å². The van der Waals surface area contributed by atoms with E-state index < -0.39 is 0 Å². The van der Waals surface area contributed by atoms with Crippen LogP contribution < -0.4 is 4.90 Å². The van der Waals surface area contributed by atoms with Gasteiger partial charge in [0.15, 0.2) is 0 Å². The van der Waals surface area contributed by atoms with Gasteiger partial charge in [-0.1, -0.05) is 27.7 Å². The number of hydrogen-bond donors (Lipinski definition) is 0. The summed E-state index contributed by atoms with van der Waals surface area (Å²) >= 11 is 0.